The van der Waals surface area contributed by atoms with Gasteiger partial charge in [-0.15, -0.1) is 11.3 Å². The zero-order chi connectivity index (χ0) is 22.1. The van der Waals surface area contributed by atoms with Crippen molar-refractivity contribution >= 4 is 39.9 Å². The summed E-state index contributed by atoms with van der Waals surface area (Å²) in [5, 5.41) is 0.994. The molecule has 5 nitrogen and oxygen atoms in total. The third-order valence-corrected chi connectivity index (χ3v) is 8.31. The number of rotatable bonds is 5. The Hall–Kier alpha value is -2.61. The molecule has 0 spiro atoms. The molecule has 0 radical (unpaired) electrons. The van der Waals surface area contributed by atoms with Crippen LogP contribution < -0.4 is 24.2 Å². The average molecular weight is 465 g/mol. The second kappa shape index (κ2) is 9.10. The van der Waals surface area contributed by atoms with Gasteiger partial charge < -0.3 is 9.64 Å². The lowest BCUT2D eigenvalue weighted by Gasteiger charge is -2.12. The van der Waals surface area contributed by atoms with Gasteiger partial charge in [-0.2, -0.15) is 4.57 Å². The number of ether oxygens (including phenoxy) is 1. The summed E-state index contributed by atoms with van der Waals surface area (Å²) in [6, 6.07) is 14.4. The molecule has 0 aliphatic carbocycles. The van der Waals surface area contributed by atoms with Crippen LogP contribution in [0.1, 0.15) is 18.5 Å². The minimum atomic E-state index is 0.0603. The Morgan fingerprint density at radius 2 is 2.09 bits per heavy atom. The first-order valence-corrected chi connectivity index (χ1v) is 12.5. The Bertz CT molecular complexity index is 1340. The highest BCUT2D eigenvalue weighted by molar-refractivity contribution is 8.08. The van der Waals surface area contributed by atoms with Crippen molar-refractivity contribution in [2.24, 2.45) is 0 Å². The molecule has 1 unspecified atom stereocenters. The number of hydrogen-bond acceptors (Lipinski definition) is 5. The number of para-hydroxylation sites is 1. The van der Waals surface area contributed by atoms with Crippen molar-refractivity contribution < 1.29 is 9.30 Å². The predicted molar refractivity (Wildman–Crippen MR) is 131 cm³/mol. The summed E-state index contributed by atoms with van der Waals surface area (Å²) in [5.41, 5.74) is 2.25. The van der Waals surface area contributed by atoms with E-state index in [4.69, 9.17) is 4.74 Å². The van der Waals surface area contributed by atoms with Crippen LogP contribution >= 0.6 is 23.1 Å². The number of hydrogen-bond donors (Lipinski definition) is 0. The maximum atomic E-state index is 13.7. The minimum absolute atomic E-state index is 0.0603. The fraction of sp³-hybridized carbons (Fsp3) is 0.280. The second-order valence-corrected chi connectivity index (χ2v) is 10.0. The summed E-state index contributed by atoms with van der Waals surface area (Å²) in [5.74, 6) is 0. The van der Waals surface area contributed by atoms with Crippen molar-refractivity contribution in [1.29, 1.82) is 0 Å². The molecule has 164 valence electrons. The third-order valence-electron chi connectivity index (χ3n) is 5.83. The summed E-state index contributed by atoms with van der Waals surface area (Å²) in [6.07, 6.45) is 8.18. The molecule has 2 aromatic heterocycles. The van der Waals surface area contributed by atoms with E-state index in [1.165, 1.54) is 4.90 Å². The second-order valence-electron chi connectivity index (χ2n) is 7.97. The summed E-state index contributed by atoms with van der Waals surface area (Å²) < 4.78 is 11.6. The lowest BCUT2D eigenvalue weighted by atomic mass is 10.2. The number of thiazole rings is 1. The smallest absolute Gasteiger partial charge is 0.271 e. The Kier molecular flexibility index (Phi) is 6.04. The van der Waals surface area contributed by atoms with E-state index in [9.17, 15) is 4.79 Å². The van der Waals surface area contributed by atoms with E-state index in [1.807, 2.05) is 48.2 Å². The summed E-state index contributed by atoms with van der Waals surface area (Å²) in [6.45, 7) is 5.95. The molecule has 0 saturated carbocycles. The lowest BCUT2D eigenvalue weighted by Crippen LogP contribution is -2.38. The van der Waals surface area contributed by atoms with Crippen molar-refractivity contribution in [1.82, 2.24) is 4.57 Å². The van der Waals surface area contributed by atoms with Gasteiger partial charge in [0.2, 0.25) is 5.69 Å². The largest absolute Gasteiger partial charge is 0.376 e. The van der Waals surface area contributed by atoms with Gasteiger partial charge in [0.25, 0.3) is 5.56 Å². The van der Waals surface area contributed by atoms with Gasteiger partial charge in [-0.1, -0.05) is 30.5 Å². The molecule has 32 heavy (non-hydrogen) atoms. The number of anilines is 1. The molecule has 1 saturated heterocycles. The predicted octanol–water partition coefficient (Wildman–Crippen LogP) is 2.70. The van der Waals surface area contributed by atoms with Gasteiger partial charge in [0.1, 0.15) is 14.2 Å². The normalized spacial score (nSPS) is 20.1. The summed E-state index contributed by atoms with van der Waals surface area (Å²) in [7, 11) is 2.04. The van der Waals surface area contributed by atoms with Crippen LogP contribution in [0.15, 0.2) is 71.0 Å². The molecule has 3 aromatic rings. The Morgan fingerprint density at radius 1 is 1.25 bits per heavy atom. The van der Waals surface area contributed by atoms with Gasteiger partial charge in [-0.3, -0.25) is 9.36 Å². The zero-order valence-corrected chi connectivity index (χ0v) is 19.7. The first kappa shape index (κ1) is 21.2. The number of fused-ring (bicyclic) bond motifs is 1. The van der Waals surface area contributed by atoms with E-state index in [0.717, 1.165) is 45.1 Å². The topological polar surface area (TPSA) is 38.4 Å². The summed E-state index contributed by atoms with van der Waals surface area (Å²) >= 11 is 3.23. The molecular formula is C25H26N3O2S2+. The molecule has 0 N–H and O–H groups in total. The van der Waals surface area contributed by atoms with E-state index in [-0.39, 0.29) is 11.7 Å². The molecule has 1 atom stereocenters. The van der Waals surface area contributed by atoms with Crippen molar-refractivity contribution in [2.45, 2.75) is 36.9 Å². The Morgan fingerprint density at radius 3 is 2.88 bits per heavy atom. The maximum Gasteiger partial charge on any atom is 0.271 e. The quantitative estimate of drug-likeness (QED) is 0.430. The Labute approximate surface area is 195 Å². The van der Waals surface area contributed by atoms with Crippen molar-refractivity contribution in [2.75, 3.05) is 18.6 Å². The van der Waals surface area contributed by atoms with Crippen LogP contribution in [0.2, 0.25) is 0 Å². The van der Waals surface area contributed by atoms with Crippen molar-refractivity contribution in [3.05, 3.63) is 86.6 Å². The van der Waals surface area contributed by atoms with Crippen molar-refractivity contribution in [3.63, 3.8) is 0 Å². The van der Waals surface area contributed by atoms with E-state index in [1.54, 1.807) is 23.1 Å². The number of nitrogens with zero attached hydrogens (tertiary/aromatic N) is 3. The molecule has 0 bridgehead atoms. The standard InChI is InChI=1S/C25H26N3O2S2/c1-3-13-27-14-7-6-9-18(27)16-22-28(17-19-10-8-15-30-19)24(29)23(32-22)25-26(2)20-11-4-5-12-21(20)31-25/h3-7,9,11-12,14,16,19H,1,8,10,13,15,17H2,2H3/q+1/b25-23-. The van der Waals surface area contributed by atoms with Crippen LogP contribution in [-0.4, -0.2) is 24.3 Å². The number of pyridine rings is 1. The van der Waals surface area contributed by atoms with Crippen LogP contribution in [0.5, 0.6) is 0 Å². The number of aromatic nitrogens is 2. The van der Waals surface area contributed by atoms with Crippen LogP contribution in [0, 0.1) is 0 Å². The molecule has 5 rings (SSSR count). The summed E-state index contributed by atoms with van der Waals surface area (Å²) in [4.78, 5) is 17.0. The maximum absolute atomic E-state index is 13.7. The van der Waals surface area contributed by atoms with Crippen LogP contribution in [-0.2, 0) is 17.8 Å². The van der Waals surface area contributed by atoms with Gasteiger partial charge in [-0.05, 0) is 37.1 Å². The first-order valence-electron chi connectivity index (χ1n) is 10.8. The first-order chi connectivity index (χ1) is 15.7. The fourth-order valence-corrected chi connectivity index (χ4v) is 6.59. The van der Waals surface area contributed by atoms with Crippen LogP contribution in [0.4, 0.5) is 5.69 Å². The highest BCUT2D eigenvalue weighted by Gasteiger charge is 2.25. The minimum Gasteiger partial charge on any atom is -0.376 e. The van der Waals surface area contributed by atoms with E-state index >= 15 is 0 Å². The van der Waals surface area contributed by atoms with E-state index < -0.39 is 0 Å². The van der Waals surface area contributed by atoms with Gasteiger partial charge in [0.05, 0.1) is 18.3 Å². The van der Waals surface area contributed by atoms with E-state index in [0.29, 0.717) is 13.1 Å². The van der Waals surface area contributed by atoms with Crippen LogP contribution in [0.25, 0.3) is 11.1 Å². The highest BCUT2D eigenvalue weighted by atomic mass is 32.2. The molecule has 4 heterocycles. The Balaban J connectivity index is 1.69. The molecule has 2 aliphatic heterocycles. The number of benzene rings is 1. The number of thioether (sulfide) groups is 1. The molecule has 1 fully saturated rings. The van der Waals surface area contributed by atoms with Gasteiger partial charge in [0.15, 0.2) is 12.7 Å². The SMILES string of the molecule is C=CC[n+]1ccccc1/C=c1/s/c(=C2\Sc3ccccc3N2C)c(=O)n1CC1CCCO1. The van der Waals surface area contributed by atoms with Crippen molar-refractivity contribution in [3.8, 4) is 0 Å². The molecule has 1 aromatic carbocycles. The van der Waals surface area contributed by atoms with Gasteiger partial charge >= 0.3 is 0 Å². The monoisotopic (exact) mass is 464 g/mol. The average Bonchev–Trinajstić information content (AvgIpc) is 3.51. The van der Waals surface area contributed by atoms with Gasteiger partial charge in [0, 0.05) is 36.8 Å². The molecule has 7 heteroatoms. The lowest BCUT2D eigenvalue weighted by molar-refractivity contribution is -0.688. The van der Waals surface area contributed by atoms with Gasteiger partial charge in [-0.25, -0.2) is 0 Å². The highest BCUT2D eigenvalue weighted by Crippen LogP contribution is 2.44. The molecular weight excluding hydrogens is 438 g/mol. The molecule has 2 aliphatic rings. The fourth-order valence-electron chi connectivity index (χ4n) is 4.19. The zero-order valence-electron chi connectivity index (χ0n) is 18.1. The van der Waals surface area contributed by atoms with Crippen LogP contribution in [0.3, 0.4) is 0 Å². The molecule has 0 amide bonds. The number of allylic oxidation sites excluding steroid dienone is 1. The van der Waals surface area contributed by atoms with E-state index in [2.05, 4.69) is 40.3 Å². The third kappa shape index (κ3) is 3.96.